The smallest absolute Gasteiger partial charge is 0.269 e. The number of anilines is 1. The van der Waals surface area contributed by atoms with Crippen molar-refractivity contribution in [3.63, 3.8) is 0 Å². The van der Waals surface area contributed by atoms with Gasteiger partial charge in [-0.15, -0.1) is 10.2 Å². The minimum atomic E-state index is -0.492. The Morgan fingerprint density at radius 3 is 2.36 bits per heavy atom. The third-order valence-corrected chi connectivity index (χ3v) is 6.03. The fourth-order valence-electron chi connectivity index (χ4n) is 3.41. The molecule has 0 fully saturated rings. The van der Waals surface area contributed by atoms with Gasteiger partial charge in [0.15, 0.2) is 28.6 Å². The number of carbonyl (C=O) groups is 1. The first-order chi connectivity index (χ1) is 17.5. The highest BCUT2D eigenvalue weighted by Gasteiger charge is 2.22. The van der Waals surface area contributed by atoms with Crippen LogP contribution in [-0.2, 0) is 4.79 Å². The Hall–Kier alpha value is -4.38. The lowest BCUT2D eigenvalue weighted by molar-refractivity contribution is -0.384. The van der Waals surface area contributed by atoms with Gasteiger partial charge in [0.25, 0.3) is 5.69 Å². The number of amides is 1. The second kappa shape index (κ2) is 11.4. The molecular weight excluding hydrogens is 482 g/mol. The molecule has 0 aliphatic heterocycles. The van der Waals surface area contributed by atoms with Crippen molar-refractivity contribution in [2.24, 2.45) is 0 Å². The molecular formula is C25H23N5O5S. The van der Waals surface area contributed by atoms with E-state index in [1.165, 1.54) is 36.0 Å². The Kier molecular flexibility index (Phi) is 7.81. The van der Waals surface area contributed by atoms with Crippen LogP contribution in [0.4, 0.5) is 11.4 Å². The van der Waals surface area contributed by atoms with Crippen LogP contribution < -0.4 is 14.8 Å². The molecule has 0 saturated heterocycles. The summed E-state index contributed by atoms with van der Waals surface area (Å²) in [5.74, 6) is 1.52. The molecule has 184 valence electrons. The number of thioether (sulfide) groups is 1. The second-order valence-corrected chi connectivity index (χ2v) is 8.51. The van der Waals surface area contributed by atoms with Crippen LogP contribution in [0, 0.1) is 10.1 Å². The van der Waals surface area contributed by atoms with Gasteiger partial charge in [0, 0.05) is 23.5 Å². The number of nitrogens with one attached hydrogen (secondary N) is 1. The molecule has 1 heterocycles. The van der Waals surface area contributed by atoms with Gasteiger partial charge in [-0.2, -0.15) is 0 Å². The van der Waals surface area contributed by atoms with Crippen molar-refractivity contribution in [2.75, 3.05) is 18.2 Å². The molecule has 10 nitrogen and oxygen atoms in total. The first-order valence-corrected chi connectivity index (χ1v) is 11.9. The summed E-state index contributed by atoms with van der Waals surface area (Å²) in [5, 5.41) is 22.7. The maximum atomic E-state index is 12.5. The van der Waals surface area contributed by atoms with E-state index in [9.17, 15) is 14.9 Å². The molecule has 0 aliphatic carbocycles. The van der Waals surface area contributed by atoms with Gasteiger partial charge in [-0.05, 0) is 43.3 Å². The fraction of sp³-hybridized carbons (Fsp3) is 0.160. The molecule has 11 heteroatoms. The number of nitro groups is 1. The molecule has 1 amide bonds. The molecule has 1 N–H and O–H groups in total. The van der Waals surface area contributed by atoms with Crippen LogP contribution in [0.2, 0.25) is 0 Å². The van der Waals surface area contributed by atoms with Crippen LogP contribution in [0.15, 0.2) is 84.0 Å². The minimum Gasteiger partial charge on any atom is -0.493 e. The summed E-state index contributed by atoms with van der Waals surface area (Å²) in [7, 11) is 1.58. The van der Waals surface area contributed by atoms with E-state index in [2.05, 4.69) is 15.5 Å². The van der Waals surface area contributed by atoms with E-state index in [1.54, 1.807) is 7.11 Å². The highest BCUT2D eigenvalue weighted by Crippen LogP contribution is 2.32. The summed E-state index contributed by atoms with van der Waals surface area (Å²) in [6.07, 6.45) is -0.475. The lowest BCUT2D eigenvalue weighted by atomic mass is 10.3. The summed E-state index contributed by atoms with van der Waals surface area (Å²) in [6.45, 7) is 1.87. The van der Waals surface area contributed by atoms with E-state index >= 15 is 0 Å². The van der Waals surface area contributed by atoms with Crippen LogP contribution in [0.3, 0.4) is 0 Å². The molecule has 3 aromatic carbocycles. The number of aromatic nitrogens is 3. The zero-order valence-electron chi connectivity index (χ0n) is 19.5. The lowest BCUT2D eigenvalue weighted by Gasteiger charge is -2.18. The van der Waals surface area contributed by atoms with Gasteiger partial charge in [-0.25, -0.2) is 0 Å². The predicted octanol–water partition coefficient (Wildman–Crippen LogP) is 5.05. The van der Waals surface area contributed by atoms with Crippen molar-refractivity contribution in [1.82, 2.24) is 14.8 Å². The van der Waals surface area contributed by atoms with Gasteiger partial charge in [0.1, 0.15) is 0 Å². The van der Waals surface area contributed by atoms with Crippen molar-refractivity contribution < 1.29 is 19.2 Å². The van der Waals surface area contributed by atoms with Crippen molar-refractivity contribution in [2.45, 2.75) is 18.2 Å². The zero-order chi connectivity index (χ0) is 25.5. The van der Waals surface area contributed by atoms with Gasteiger partial charge >= 0.3 is 0 Å². The van der Waals surface area contributed by atoms with Crippen LogP contribution >= 0.6 is 11.8 Å². The number of carbonyl (C=O) groups excluding carboxylic acids is 1. The largest absolute Gasteiger partial charge is 0.493 e. The van der Waals surface area contributed by atoms with E-state index in [-0.39, 0.29) is 17.3 Å². The number of non-ortho nitro benzene ring substituents is 1. The van der Waals surface area contributed by atoms with Crippen LogP contribution in [0.1, 0.15) is 18.9 Å². The third kappa shape index (κ3) is 5.81. The Morgan fingerprint density at radius 1 is 1.03 bits per heavy atom. The Morgan fingerprint density at radius 2 is 1.69 bits per heavy atom. The standard InChI is InChI=1S/C25H23N5O5S/c1-17(35-22-11-7-6-10-21(22)34-2)24-27-28-25(29(24)19-8-4-3-5-9-19)36-16-23(31)26-18-12-14-20(15-13-18)30(32)33/h3-15,17H,16H2,1-2H3,(H,26,31). The van der Waals surface area contributed by atoms with Crippen LogP contribution in [0.5, 0.6) is 11.5 Å². The van der Waals surface area contributed by atoms with Gasteiger partial charge in [-0.3, -0.25) is 19.5 Å². The number of methoxy groups -OCH3 is 1. The van der Waals surface area contributed by atoms with E-state index in [1.807, 2.05) is 66.1 Å². The van der Waals surface area contributed by atoms with Crippen molar-refractivity contribution in [3.8, 4) is 17.2 Å². The molecule has 4 rings (SSSR count). The van der Waals surface area contributed by atoms with Crippen LogP contribution in [-0.4, -0.2) is 38.5 Å². The highest BCUT2D eigenvalue weighted by molar-refractivity contribution is 7.99. The number of nitrogens with zero attached hydrogens (tertiary/aromatic N) is 4. The molecule has 1 unspecified atom stereocenters. The number of rotatable bonds is 10. The number of hydrogen-bond acceptors (Lipinski definition) is 8. The van der Waals surface area contributed by atoms with E-state index in [0.29, 0.717) is 28.2 Å². The Bertz CT molecular complexity index is 1340. The van der Waals surface area contributed by atoms with E-state index < -0.39 is 11.0 Å². The predicted molar refractivity (Wildman–Crippen MR) is 136 cm³/mol. The SMILES string of the molecule is COc1ccccc1OC(C)c1nnc(SCC(=O)Nc2ccc([N+](=O)[O-])cc2)n1-c1ccccc1. The van der Waals surface area contributed by atoms with Gasteiger partial charge in [0.2, 0.25) is 5.91 Å². The summed E-state index contributed by atoms with van der Waals surface area (Å²) < 4.78 is 13.4. The molecule has 0 saturated carbocycles. The monoisotopic (exact) mass is 505 g/mol. The second-order valence-electron chi connectivity index (χ2n) is 7.56. The van der Waals surface area contributed by atoms with Crippen LogP contribution in [0.25, 0.3) is 5.69 Å². The third-order valence-electron chi connectivity index (χ3n) is 5.10. The first kappa shape index (κ1) is 24.7. The quantitative estimate of drug-likeness (QED) is 0.180. The molecule has 0 bridgehead atoms. The van der Waals surface area contributed by atoms with Gasteiger partial charge in [-0.1, -0.05) is 42.1 Å². The summed E-state index contributed by atoms with van der Waals surface area (Å²) in [4.78, 5) is 22.9. The highest BCUT2D eigenvalue weighted by atomic mass is 32.2. The summed E-state index contributed by atoms with van der Waals surface area (Å²) in [6, 6.07) is 22.6. The normalized spacial score (nSPS) is 11.5. The molecule has 0 radical (unpaired) electrons. The lowest BCUT2D eigenvalue weighted by Crippen LogP contribution is -2.15. The average Bonchev–Trinajstić information content (AvgIpc) is 3.33. The molecule has 1 aromatic heterocycles. The Labute approximate surface area is 211 Å². The number of hydrogen-bond donors (Lipinski definition) is 1. The van der Waals surface area contributed by atoms with Crippen molar-refractivity contribution >= 4 is 29.0 Å². The summed E-state index contributed by atoms with van der Waals surface area (Å²) >= 11 is 1.22. The molecule has 0 aliphatic rings. The van der Waals surface area contributed by atoms with Gasteiger partial charge < -0.3 is 14.8 Å². The first-order valence-electron chi connectivity index (χ1n) is 10.9. The average molecular weight is 506 g/mol. The molecule has 1 atom stereocenters. The van der Waals surface area contributed by atoms with Crippen molar-refractivity contribution in [1.29, 1.82) is 0 Å². The Balaban J connectivity index is 1.52. The molecule has 0 spiro atoms. The number of nitro benzene ring substituents is 1. The molecule has 4 aromatic rings. The van der Waals surface area contributed by atoms with Gasteiger partial charge in [0.05, 0.1) is 17.8 Å². The number of para-hydroxylation sites is 3. The summed E-state index contributed by atoms with van der Waals surface area (Å²) in [5.41, 5.74) is 1.25. The maximum Gasteiger partial charge on any atom is 0.269 e. The van der Waals surface area contributed by atoms with E-state index in [0.717, 1.165) is 5.69 Å². The minimum absolute atomic E-state index is 0.0460. The van der Waals surface area contributed by atoms with E-state index in [4.69, 9.17) is 9.47 Å². The fourth-order valence-corrected chi connectivity index (χ4v) is 4.17. The number of ether oxygens (including phenoxy) is 2. The zero-order valence-corrected chi connectivity index (χ0v) is 20.3. The molecule has 36 heavy (non-hydrogen) atoms. The number of benzene rings is 3. The maximum absolute atomic E-state index is 12.5. The van der Waals surface area contributed by atoms with Crippen molar-refractivity contribution in [3.05, 3.63) is 94.8 Å². The topological polar surface area (TPSA) is 121 Å².